The first-order valence-corrected chi connectivity index (χ1v) is 9.16. The fourth-order valence-corrected chi connectivity index (χ4v) is 3.66. The third-order valence-corrected chi connectivity index (χ3v) is 5.26. The second kappa shape index (κ2) is 8.15. The van der Waals surface area contributed by atoms with Crippen LogP contribution in [0.4, 0.5) is 18.3 Å². The number of halogens is 3. The molecule has 1 aliphatic rings. The number of nitrogens with one attached hydrogen (secondary N) is 2. The molecule has 0 unspecified atom stereocenters. The van der Waals surface area contributed by atoms with Crippen LogP contribution in [0, 0.1) is 6.92 Å². The number of hydrogen-bond acceptors (Lipinski definition) is 6. The van der Waals surface area contributed by atoms with Gasteiger partial charge in [-0.3, -0.25) is 20.4 Å². The van der Waals surface area contributed by atoms with Crippen LogP contribution in [0.1, 0.15) is 31.3 Å². The van der Waals surface area contributed by atoms with E-state index in [-0.39, 0.29) is 4.88 Å². The van der Waals surface area contributed by atoms with E-state index in [1.807, 2.05) is 10.3 Å². The maximum Gasteiger partial charge on any atom is 0.417 e. The number of carbonyl (C=O) groups excluding carboxylic acids is 2. The fraction of sp³-hybridized carbons (Fsp3) is 0.353. The summed E-state index contributed by atoms with van der Waals surface area (Å²) in [6, 6.07) is 4.34. The van der Waals surface area contributed by atoms with Crippen LogP contribution in [0.15, 0.2) is 24.3 Å². The first-order chi connectivity index (χ1) is 13.3. The Hall–Kier alpha value is -2.66. The quantitative estimate of drug-likeness (QED) is 0.754. The molecule has 0 aliphatic carbocycles. The number of thiazole rings is 1. The predicted molar refractivity (Wildman–Crippen MR) is 96.3 cm³/mol. The molecule has 3 rings (SSSR count). The minimum absolute atomic E-state index is 0.269. The van der Waals surface area contributed by atoms with Crippen molar-refractivity contribution in [1.82, 2.24) is 15.8 Å². The Balaban J connectivity index is 1.68. The fourth-order valence-electron chi connectivity index (χ4n) is 2.65. The molecule has 2 aromatic rings. The van der Waals surface area contributed by atoms with E-state index < -0.39 is 29.1 Å². The van der Waals surface area contributed by atoms with Crippen LogP contribution >= 0.6 is 11.3 Å². The number of anilines is 1. The van der Waals surface area contributed by atoms with E-state index >= 15 is 0 Å². The summed E-state index contributed by atoms with van der Waals surface area (Å²) >= 11 is 1.14. The summed E-state index contributed by atoms with van der Waals surface area (Å²) in [4.78, 5) is 31.1. The number of aryl methyl sites for hydroxylation is 1. The lowest BCUT2D eigenvalue weighted by Crippen LogP contribution is -2.42. The summed E-state index contributed by atoms with van der Waals surface area (Å²) in [5.74, 6) is -1.70. The zero-order valence-electron chi connectivity index (χ0n) is 14.8. The standard InChI is InChI=1S/C17H17F3N4O3S/c1-10-13(28-16(21-10)24-6-8-27-9-7-24)15(26)23-22-14(25)11-4-2-3-5-12(11)17(18,19)20/h2-5H,6-9H2,1H3,(H,22,25)(H,23,26). The molecule has 0 atom stereocenters. The normalized spacial score (nSPS) is 14.6. The van der Waals surface area contributed by atoms with Gasteiger partial charge in [0.15, 0.2) is 5.13 Å². The molecule has 2 amide bonds. The van der Waals surface area contributed by atoms with Gasteiger partial charge in [-0.15, -0.1) is 0 Å². The van der Waals surface area contributed by atoms with Gasteiger partial charge in [0.1, 0.15) is 4.88 Å². The predicted octanol–water partition coefficient (Wildman–Crippen LogP) is 2.38. The number of morpholine rings is 1. The number of hydrogen-bond donors (Lipinski definition) is 2. The Bertz CT molecular complexity index is 879. The van der Waals surface area contributed by atoms with Crippen molar-refractivity contribution in [2.24, 2.45) is 0 Å². The van der Waals surface area contributed by atoms with Gasteiger partial charge in [-0.2, -0.15) is 13.2 Å². The average Bonchev–Trinajstić information content (AvgIpc) is 3.07. The Morgan fingerprint density at radius 3 is 2.46 bits per heavy atom. The van der Waals surface area contributed by atoms with Crippen molar-refractivity contribution in [3.8, 4) is 0 Å². The molecule has 0 saturated carbocycles. The zero-order chi connectivity index (χ0) is 20.3. The smallest absolute Gasteiger partial charge is 0.378 e. The Kier molecular flexibility index (Phi) is 5.84. The van der Waals surface area contributed by atoms with Gasteiger partial charge in [0.25, 0.3) is 11.8 Å². The number of alkyl halides is 3. The van der Waals surface area contributed by atoms with Gasteiger partial charge >= 0.3 is 6.18 Å². The average molecular weight is 414 g/mol. The molecule has 0 bridgehead atoms. The SMILES string of the molecule is Cc1nc(N2CCOCC2)sc1C(=O)NNC(=O)c1ccccc1C(F)(F)F. The van der Waals surface area contributed by atoms with Crippen LogP contribution < -0.4 is 15.8 Å². The maximum atomic E-state index is 13.0. The summed E-state index contributed by atoms with van der Waals surface area (Å²) < 4.78 is 44.3. The number of amides is 2. The van der Waals surface area contributed by atoms with Crippen LogP contribution in [-0.2, 0) is 10.9 Å². The second-order valence-electron chi connectivity index (χ2n) is 5.96. The summed E-state index contributed by atoms with van der Waals surface area (Å²) in [6.45, 7) is 4.08. The van der Waals surface area contributed by atoms with Crippen LogP contribution in [0.2, 0.25) is 0 Å². The Morgan fingerprint density at radius 1 is 1.14 bits per heavy atom. The van der Waals surface area contributed by atoms with E-state index in [0.29, 0.717) is 37.1 Å². The van der Waals surface area contributed by atoms with Gasteiger partial charge in [-0.05, 0) is 19.1 Å². The van der Waals surface area contributed by atoms with Crippen molar-refractivity contribution < 1.29 is 27.5 Å². The number of carbonyl (C=O) groups is 2. The lowest BCUT2D eigenvalue weighted by molar-refractivity contribution is -0.137. The van der Waals surface area contributed by atoms with Crippen molar-refractivity contribution in [3.63, 3.8) is 0 Å². The number of rotatable bonds is 3. The minimum Gasteiger partial charge on any atom is -0.378 e. The van der Waals surface area contributed by atoms with Gasteiger partial charge < -0.3 is 9.64 Å². The molecular formula is C17H17F3N4O3S. The van der Waals surface area contributed by atoms with Gasteiger partial charge in [-0.1, -0.05) is 23.5 Å². The number of benzene rings is 1. The van der Waals surface area contributed by atoms with E-state index in [1.54, 1.807) is 6.92 Å². The molecule has 2 N–H and O–H groups in total. The van der Waals surface area contributed by atoms with E-state index in [0.717, 1.165) is 23.5 Å². The first-order valence-electron chi connectivity index (χ1n) is 8.34. The molecule has 28 heavy (non-hydrogen) atoms. The van der Waals surface area contributed by atoms with Crippen molar-refractivity contribution in [1.29, 1.82) is 0 Å². The van der Waals surface area contributed by atoms with Crippen molar-refractivity contribution >= 4 is 28.3 Å². The van der Waals surface area contributed by atoms with Gasteiger partial charge in [0.05, 0.1) is 30.0 Å². The topological polar surface area (TPSA) is 83.6 Å². The molecule has 2 heterocycles. The van der Waals surface area contributed by atoms with E-state index in [1.165, 1.54) is 12.1 Å². The maximum absolute atomic E-state index is 13.0. The largest absolute Gasteiger partial charge is 0.417 e. The van der Waals surface area contributed by atoms with Gasteiger partial charge in [-0.25, -0.2) is 4.98 Å². The van der Waals surface area contributed by atoms with Crippen molar-refractivity contribution in [2.75, 3.05) is 31.2 Å². The molecule has 1 aromatic carbocycles. The first kappa shape index (κ1) is 20.1. The van der Waals surface area contributed by atoms with Crippen molar-refractivity contribution in [3.05, 3.63) is 46.0 Å². The molecular weight excluding hydrogens is 397 g/mol. The van der Waals surface area contributed by atoms with E-state index in [2.05, 4.69) is 10.4 Å². The summed E-state index contributed by atoms with van der Waals surface area (Å²) in [5.41, 5.74) is 3.00. The third-order valence-electron chi connectivity index (χ3n) is 4.04. The summed E-state index contributed by atoms with van der Waals surface area (Å²) in [7, 11) is 0. The monoisotopic (exact) mass is 414 g/mol. The van der Waals surface area contributed by atoms with Crippen LogP contribution in [-0.4, -0.2) is 43.1 Å². The number of aromatic nitrogens is 1. The van der Waals surface area contributed by atoms with Crippen LogP contribution in [0.5, 0.6) is 0 Å². The molecule has 1 fully saturated rings. The van der Waals surface area contributed by atoms with Crippen LogP contribution in [0.25, 0.3) is 0 Å². The molecule has 1 aliphatic heterocycles. The molecule has 1 saturated heterocycles. The highest BCUT2D eigenvalue weighted by molar-refractivity contribution is 7.17. The molecule has 150 valence electrons. The highest BCUT2D eigenvalue weighted by Gasteiger charge is 2.35. The van der Waals surface area contributed by atoms with E-state index in [9.17, 15) is 22.8 Å². The highest BCUT2D eigenvalue weighted by atomic mass is 32.1. The lowest BCUT2D eigenvalue weighted by atomic mass is 10.1. The number of nitrogens with zero attached hydrogens (tertiary/aromatic N) is 2. The summed E-state index contributed by atoms with van der Waals surface area (Å²) in [6.07, 6.45) is -4.68. The molecule has 0 spiro atoms. The van der Waals surface area contributed by atoms with Gasteiger partial charge in [0, 0.05) is 13.1 Å². The lowest BCUT2D eigenvalue weighted by Gasteiger charge is -2.25. The Morgan fingerprint density at radius 2 is 1.79 bits per heavy atom. The van der Waals surface area contributed by atoms with Crippen LogP contribution in [0.3, 0.4) is 0 Å². The molecule has 11 heteroatoms. The van der Waals surface area contributed by atoms with Crippen molar-refractivity contribution in [2.45, 2.75) is 13.1 Å². The third kappa shape index (κ3) is 4.42. The Labute approximate surface area is 162 Å². The number of hydrazine groups is 1. The molecule has 7 nitrogen and oxygen atoms in total. The number of ether oxygens (including phenoxy) is 1. The summed E-state index contributed by atoms with van der Waals surface area (Å²) in [5, 5.41) is 0.652. The molecule has 1 aromatic heterocycles. The molecule has 0 radical (unpaired) electrons. The zero-order valence-corrected chi connectivity index (χ0v) is 15.6. The second-order valence-corrected chi connectivity index (χ2v) is 6.94. The minimum atomic E-state index is -4.68. The highest BCUT2D eigenvalue weighted by Crippen LogP contribution is 2.31. The van der Waals surface area contributed by atoms with E-state index in [4.69, 9.17) is 4.74 Å². The van der Waals surface area contributed by atoms with Gasteiger partial charge in [0.2, 0.25) is 0 Å².